The Hall–Kier alpha value is -3.07. The second kappa shape index (κ2) is 9.62. The van der Waals surface area contributed by atoms with Crippen LogP contribution in [0, 0.1) is 17.6 Å². The highest BCUT2D eigenvalue weighted by Crippen LogP contribution is 2.33. The quantitative estimate of drug-likeness (QED) is 0.668. The van der Waals surface area contributed by atoms with Crippen molar-refractivity contribution in [2.75, 3.05) is 19.0 Å². The number of nitrogens with one attached hydrogen (secondary N) is 2. The summed E-state index contributed by atoms with van der Waals surface area (Å²) in [7, 11) is 1.36. The number of pyridine rings is 1. The summed E-state index contributed by atoms with van der Waals surface area (Å²) in [5, 5.41) is 14.3. The largest absolute Gasteiger partial charge is 0.496 e. The summed E-state index contributed by atoms with van der Waals surface area (Å²) in [4.78, 5) is 28.0. The maximum Gasteiger partial charge on any atom is 0.245 e. The summed E-state index contributed by atoms with van der Waals surface area (Å²) in [6.45, 7) is -0.595. The molecule has 2 amide bonds. The molecule has 0 saturated heterocycles. The fourth-order valence-electron chi connectivity index (χ4n) is 3.66. The Bertz CT molecular complexity index is 938. The monoisotopic (exact) mass is 419 g/mol. The Balaban J connectivity index is 1.75. The number of hydrogen-bond donors (Lipinski definition) is 3. The van der Waals surface area contributed by atoms with Gasteiger partial charge in [-0.1, -0.05) is 6.42 Å². The standard InChI is InChI=1S/C21H23F2N3O4/c1-30-18-8-13(22)5-6-15(18)16-9-19(24-10-17(16)23)26-21(29)12-3-2-4-14(7-12)25-20(28)11-27/h5-6,8-10,12,14,27H,2-4,7,11H2,1H3,(H,25,28)(H,24,26,29). The van der Waals surface area contributed by atoms with E-state index < -0.39 is 24.1 Å². The maximum atomic E-state index is 14.4. The average Bonchev–Trinajstić information content (AvgIpc) is 2.75. The molecule has 1 aromatic carbocycles. The highest BCUT2D eigenvalue weighted by Gasteiger charge is 2.28. The Kier molecular flexibility index (Phi) is 6.94. The SMILES string of the molecule is COc1cc(F)ccc1-c1cc(NC(=O)C2CCCC(NC(=O)CO)C2)ncc1F. The molecule has 7 nitrogen and oxygen atoms in total. The molecule has 2 aromatic rings. The first-order valence-corrected chi connectivity index (χ1v) is 9.61. The molecule has 1 aliphatic carbocycles. The van der Waals surface area contributed by atoms with Crippen LogP contribution in [0.2, 0.25) is 0 Å². The van der Waals surface area contributed by atoms with Gasteiger partial charge in [-0.2, -0.15) is 0 Å². The minimum atomic E-state index is -0.637. The van der Waals surface area contributed by atoms with Crippen molar-refractivity contribution in [3.05, 3.63) is 42.1 Å². The topological polar surface area (TPSA) is 101 Å². The number of halogens is 2. The van der Waals surface area contributed by atoms with Crippen molar-refractivity contribution >= 4 is 17.6 Å². The van der Waals surface area contributed by atoms with Gasteiger partial charge in [-0.3, -0.25) is 9.59 Å². The van der Waals surface area contributed by atoms with E-state index >= 15 is 0 Å². The molecule has 1 aromatic heterocycles. The highest BCUT2D eigenvalue weighted by atomic mass is 19.1. The minimum Gasteiger partial charge on any atom is -0.496 e. The molecule has 0 spiro atoms. The lowest BCUT2D eigenvalue weighted by molar-refractivity contribution is -0.126. The highest BCUT2D eigenvalue weighted by molar-refractivity contribution is 5.92. The van der Waals surface area contributed by atoms with E-state index in [2.05, 4.69) is 15.6 Å². The molecule has 0 aliphatic heterocycles. The molecule has 2 unspecified atom stereocenters. The van der Waals surface area contributed by atoms with Crippen molar-refractivity contribution in [3.8, 4) is 16.9 Å². The lowest BCUT2D eigenvalue weighted by atomic mass is 9.85. The third kappa shape index (κ3) is 5.10. The Morgan fingerprint density at radius 2 is 2.03 bits per heavy atom. The van der Waals surface area contributed by atoms with Gasteiger partial charge in [0.2, 0.25) is 11.8 Å². The molecule has 30 heavy (non-hydrogen) atoms. The van der Waals surface area contributed by atoms with Crippen LogP contribution in [0.4, 0.5) is 14.6 Å². The number of ether oxygens (including phenoxy) is 1. The van der Waals surface area contributed by atoms with E-state index in [1.54, 1.807) is 0 Å². The summed E-state index contributed by atoms with van der Waals surface area (Å²) in [6.07, 6.45) is 3.57. The van der Waals surface area contributed by atoms with Gasteiger partial charge in [0, 0.05) is 29.2 Å². The van der Waals surface area contributed by atoms with E-state index in [4.69, 9.17) is 9.84 Å². The number of anilines is 1. The molecule has 1 saturated carbocycles. The molecular formula is C21H23F2N3O4. The maximum absolute atomic E-state index is 14.4. The molecule has 1 aliphatic rings. The van der Waals surface area contributed by atoms with Gasteiger partial charge in [0.05, 0.1) is 13.3 Å². The molecule has 1 fully saturated rings. The fourth-order valence-corrected chi connectivity index (χ4v) is 3.66. The molecule has 3 rings (SSSR count). The number of aliphatic hydroxyl groups excluding tert-OH is 1. The predicted molar refractivity (Wildman–Crippen MR) is 106 cm³/mol. The summed E-state index contributed by atoms with van der Waals surface area (Å²) in [5.41, 5.74) is 0.452. The first kappa shape index (κ1) is 21.6. The van der Waals surface area contributed by atoms with Gasteiger partial charge in [-0.15, -0.1) is 0 Å². The van der Waals surface area contributed by atoms with E-state index in [0.29, 0.717) is 18.4 Å². The summed E-state index contributed by atoms with van der Waals surface area (Å²) in [6, 6.07) is 4.93. The van der Waals surface area contributed by atoms with Crippen molar-refractivity contribution in [3.63, 3.8) is 0 Å². The van der Waals surface area contributed by atoms with Crippen molar-refractivity contribution in [2.45, 2.75) is 31.7 Å². The minimum absolute atomic E-state index is 0.119. The second-order valence-corrected chi connectivity index (χ2v) is 7.17. The van der Waals surface area contributed by atoms with E-state index in [9.17, 15) is 18.4 Å². The van der Waals surface area contributed by atoms with Crippen LogP contribution in [0.5, 0.6) is 5.75 Å². The number of carbonyl (C=O) groups is 2. The molecule has 3 N–H and O–H groups in total. The zero-order valence-electron chi connectivity index (χ0n) is 16.5. The van der Waals surface area contributed by atoms with Crippen LogP contribution < -0.4 is 15.4 Å². The fraction of sp³-hybridized carbons (Fsp3) is 0.381. The lowest BCUT2D eigenvalue weighted by Crippen LogP contribution is -2.42. The van der Waals surface area contributed by atoms with Crippen LogP contribution in [0.1, 0.15) is 25.7 Å². The van der Waals surface area contributed by atoms with Gasteiger partial charge < -0.3 is 20.5 Å². The third-order valence-electron chi connectivity index (χ3n) is 5.11. The number of methoxy groups -OCH3 is 1. The van der Waals surface area contributed by atoms with E-state index in [0.717, 1.165) is 25.1 Å². The molecule has 1 heterocycles. The molecule has 2 atom stereocenters. The summed E-state index contributed by atoms with van der Waals surface area (Å²) < 4.78 is 33.0. The Morgan fingerprint density at radius 1 is 1.23 bits per heavy atom. The van der Waals surface area contributed by atoms with Crippen LogP contribution in [-0.4, -0.2) is 41.7 Å². The molecule has 160 valence electrons. The van der Waals surface area contributed by atoms with Gasteiger partial charge in [0.1, 0.15) is 29.8 Å². The van der Waals surface area contributed by atoms with Crippen LogP contribution in [0.15, 0.2) is 30.5 Å². The lowest BCUT2D eigenvalue weighted by Gasteiger charge is -2.28. The van der Waals surface area contributed by atoms with Crippen molar-refractivity contribution in [1.29, 1.82) is 0 Å². The van der Waals surface area contributed by atoms with Gasteiger partial charge in [-0.25, -0.2) is 13.8 Å². The average molecular weight is 419 g/mol. The van der Waals surface area contributed by atoms with Crippen molar-refractivity contribution < 1.29 is 28.2 Å². The summed E-state index contributed by atoms with van der Waals surface area (Å²) in [5.74, 6) is -1.94. The number of nitrogens with zero attached hydrogens (tertiary/aromatic N) is 1. The second-order valence-electron chi connectivity index (χ2n) is 7.17. The first-order valence-electron chi connectivity index (χ1n) is 9.61. The Morgan fingerprint density at radius 3 is 2.77 bits per heavy atom. The number of aromatic nitrogens is 1. The zero-order chi connectivity index (χ0) is 21.7. The predicted octanol–water partition coefficient (Wildman–Crippen LogP) is 2.64. The van der Waals surface area contributed by atoms with Gasteiger partial charge in [0.25, 0.3) is 0 Å². The van der Waals surface area contributed by atoms with Crippen LogP contribution in [0.25, 0.3) is 11.1 Å². The number of amides is 2. The molecule has 0 radical (unpaired) electrons. The summed E-state index contributed by atoms with van der Waals surface area (Å²) >= 11 is 0. The van der Waals surface area contributed by atoms with Crippen molar-refractivity contribution in [1.82, 2.24) is 10.3 Å². The van der Waals surface area contributed by atoms with E-state index in [-0.39, 0.29) is 35.0 Å². The van der Waals surface area contributed by atoms with Gasteiger partial charge >= 0.3 is 0 Å². The van der Waals surface area contributed by atoms with Gasteiger partial charge in [-0.05, 0) is 37.5 Å². The molecular weight excluding hydrogens is 396 g/mol. The number of aliphatic hydroxyl groups is 1. The van der Waals surface area contributed by atoms with Gasteiger partial charge in [0.15, 0.2) is 0 Å². The molecule has 9 heteroatoms. The van der Waals surface area contributed by atoms with E-state index in [1.165, 1.54) is 25.3 Å². The Labute approximate surface area is 172 Å². The van der Waals surface area contributed by atoms with Crippen LogP contribution >= 0.6 is 0 Å². The van der Waals surface area contributed by atoms with Crippen LogP contribution in [-0.2, 0) is 9.59 Å². The number of rotatable bonds is 6. The van der Waals surface area contributed by atoms with Crippen LogP contribution in [0.3, 0.4) is 0 Å². The zero-order valence-corrected chi connectivity index (χ0v) is 16.5. The van der Waals surface area contributed by atoms with E-state index in [1.807, 2.05) is 0 Å². The number of benzene rings is 1. The smallest absolute Gasteiger partial charge is 0.245 e. The third-order valence-corrected chi connectivity index (χ3v) is 5.11. The number of hydrogen-bond acceptors (Lipinski definition) is 5. The first-order chi connectivity index (χ1) is 14.4. The normalized spacial score (nSPS) is 18.5. The number of carbonyl (C=O) groups excluding carboxylic acids is 2. The molecule has 0 bridgehead atoms. The van der Waals surface area contributed by atoms with Crippen molar-refractivity contribution in [2.24, 2.45) is 5.92 Å².